The van der Waals surface area contributed by atoms with E-state index in [1.54, 1.807) is 62.5 Å². The van der Waals surface area contributed by atoms with E-state index in [2.05, 4.69) is 10.6 Å². The maximum atomic E-state index is 13.2. The van der Waals surface area contributed by atoms with Crippen molar-refractivity contribution < 1.29 is 23.9 Å². The fourth-order valence-corrected chi connectivity index (χ4v) is 3.25. The molecule has 0 aliphatic carbocycles. The smallest absolute Gasteiger partial charge is 0.337 e. The Morgan fingerprint density at radius 3 is 2.37 bits per heavy atom. The van der Waals surface area contributed by atoms with Crippen LogP contribution in [0.15, 0.2) is 59.8 Å². The van der Waals surface area contributed by atoms with Crippen molar-refractivity contribution in [2.45, 2.75) is 13.0 Å². The van der Waals surface area contributed by atoms with E-state index in [1.807, 2.05) is 0 Å². The van der Waals surface area contributed by atoms with Gasteiger partial charge in [0.2, 0.25) is 0 Å². The molecule has 8 heteroatoms. The topological polar surface area (TPSA) is 97.0 Å². The lowest BCUT2D eigenvalue weighted by Gasteiger charge is -2.33. The van der Waals surface area contributed by atoms with Gasteiger partial charge in [0.25, 0.3) is 5.91 Å². The van der Waals surface area contributed by atoms with Gasteiger partial charge in [-0.15, -0.1) is 0 Å². The summed E-state index contributed by atoms with van der Waals surface area (Å²) in [5.74, 6) is -0.308. The van der Waals surface area contributed by atoms with E-state index in [4.69, 9.17) is 9.47 Å². The Labute approximate surface area is 174 Å². The molecule has 1 heterocycles. The number of urea groups is 1. The first kappa shape index (κ1) is 20.9. The maximum Gasteiger partial charge on any atom is 0.337 e. The largest absolute Gasteiger partial charge is 0.495 e. The number of nitrogens with one attached hydrogen (secondary N) is 2. The van der Waals surface area contributed by atoms with Crippen LogP contribution in [0, 0.1) is 0 Å². The number of hydrogen-bond donors (Lipinski definition) is 2. The van der Waals surface area contributed by atoms with Gasteiger partial charge in [0, 0.05) is 12.7 Å². The number of carbonyl (C=O) groups excluding carboxylic acids is 3. The van der Waals surface area contributed by atoms with Gasteiger partial charge in [-0.2, -0.15) is 0 Å². The molecule has 0 unspecified atom stereocenters. The lowest BCUT2D eigenvalue weighted by Crippen LogP contribution is -2.46. The summed E-state index contributed by atoms with van der Waals surface area (Å²) in [6.45, 7) is 1.71. The molecule has 1 atom stereocenters. The number of amides is 3. The maximum absolute atomic E-state index is 13.2. The van der Waals surface area contributed by atoms with Crippen molar-refractivity contribution in [3.63, 3.8) is 0 Å². The highest BCUT2D eigenvalue weighted by atomic mass is 16.5. The zero-order chi connectivity index (χ0) is 21.8. The van der Waals surface area contributed by atoms with Crippen LogP contribution in [0.4, 0.5) is 10.5 Å². The molecule has 0 bridgehead atoms. The van der Waals surface area contributed by atoms with Crippen LogP contribution in [0.5, 0.6) is 5.75 Å². The highest BCUT2D eigenvalue weighted by Gasteiger charge is 2.34. The second kappa shape index (κ2) is 8.69. The summed E-state index contributed by atoms with van der Waals surface area (Å²) in [4.78, 5) is 38.7. The summed E-state index contributed by atoms with van der Waals surface area (Å²) in [5, 5.41) is 5.70. The van der Waals surface area contributed by atoms with Gasteiger partial charge in [0.1, 0.15) is 5.75 Å². The van der Waals surface area contributed by atoms with E-state index in [0.717, 1.165) is 0 Å². The third kappa shape index (κ3) is 3.98. The molecule has 0 saturated heterocycles. The number of esters is 1. The third-order valence-corrected chi connectivity index (χ3v) is 5.02. The molecular formula is C22H23N3O5. The van der Waals surface area contributed by atoms with Crippen molar-refractivity contribution >= 4 is 23.6 Å². The SMILES string of the molecule is COC(=O)c1ccc([C@H]2NC(=O)N(C)C(C)=C2C(=O)Nc2ccccc2OC)cc1. The first-order valence-corrected chi connectivity index (χ1v) is 9.25. The van der Waals surface area contributed by atoms with Crippen molar-refractivity contribution in [1.29, 1.82) is 0 Å². The highest BCUT2D eigenvalue weighted by Crippen LogP contribution is 2.32. The number of ether oxygens (including phenoxy) is 2. The standard InChI is InChI=1S/C22H23N3O5/c1-13-18(20(26)23-16-7-5-6-8-17(16)29-3)19(24-22(28)25(13)2)14-9-11-15(12-10-14)21(27)30-4/h5-12,19H,1-4H3,(H,23,26)(H,24,28)/t19-/m1/s1. The quantitative estimate of drug-likeness (QED) is 0.740. The summed E-state index contributed by atoms with van der Waals surface area (Å²) in [6, 6.07) is 12.6. The molecule has 2 aromatic rings. The number of rotatable bonds is 5. The van der Waals surface area contributed by atoms with Crippen molar-refractivity contribution in [3.8, 4) is 5.75 Å². The summed E-state index contributed by atoms with van der Waals surface area (Å²) >= 11 is 0. The predicted molar refractivity (Wildman–Crippen MR) is 111 cm³/mol. The Bertz CT molecular complexity index is 1010. The molecule has 0 aromatic heterocycles. The van der Waals surface area contributed by atoms with Crippen LogP contribution in [0.25, 0.3) is 0 Å². The van der Waals surface area contributed by atoms with Gasteiger partial charge in [-0.05, 0) is 36.8 Å². The van der Waals surface area contributed by atoms with Crippen LogP contribution in [-0.4, -0.2) is 44.1 Å². The second-order valence-corrected chi connectivity index (χ2v) is 6.71. The van der Waals surface area contributed by atoms with Crippen molar-refractivity contribution in [2.75, 3.05) is 26.6 Å². The summed E-state index contributed by atoms with van der Waals surface area (Å²) in [6.07, 6.45) is 0. The monoisotopic (exact) mass is 409 g/mol. The molecule has 2 aromatic carbocycles. The van der Waals surface area contributed by atoms with Gasteiger partial charge in [0.15, 0.2) is 0 Å². The van der Waals surface area contributed by atoms with Crippen LogP contribution in [0.2, 0.25) is 0 Å². The molecular weight excluding hydrogens is 386 g/mol. The summed E-state index contributed by atoms with van der Waals surface area (Å²) in [7, 11) is 4.42. The lowest BCUT2D eigenvalue weighted by atomic mass is 9.93. The third-order valence-electron chi connectivity index (χ3n) is 5.02. The summed E-state index contributed by atoms with van der Waals surface area (Å²) < 4.78 is 10.0. The van der Waals surface area contributed by atoms with Crippen LogP contribution in [0.3, 0.4) is 0 Å². The van der Waals surface area contributed by atoms with Gasteiger partial charge in [-0.1, -0.05) is 24.3 Å². The molecule has 1 aliphatic rings. The van der Waals surface area contributed by atoms with Crippen molar-refractivity contribution in [1.82, 2.24) is 10.2 Å². The molecule has 0 radical (unpaired) electrons. The van der Waals surface area contributed by atoms with E-state index in [1.165, 1.54) is 19.1 Å². The van der Waals surface area contributed by atoms with Gasteiger partial charge < -0.3 is 25.0 Å². The number of allylic oxidation sites excluding steroid dienone is 1. The minimum atomic E-state index is -0.685. The fourth-order valence-electron chi connectivity index (χ4n) is 3.25. The zero-order valence-electron chi connectivity index (χ0n) is 17.2. The van der Waals surface area contributed by atoms with Gasteiger partial charge >= 0.3 is 12.0 Å². The normalized spacial score (nSPS) is 16.1. The average molecular weight is 409 g/mol. The number of anilines is 1. The molecule has 3 rings (SSSR count). The van der Waals surface area contributed by atoms with Crippen LogP contribution in [0.1, 0.15) is 28.9 Å². The Kier molecular flexibility index (Phi) is 6.06. The molecule has 2 N–H and O–H groups in total. The minimum absolute atomic E-state index is 0.330. The fraction of sp³-hybridized carbons (Fsp3) is 0.227. The van der Waals surface area contributed by atoms with E-state index >= 15 is 0 Å². The minimum Gasteiger partial charge on any atom is -0.495 e. The molecule has 8 nitrogen and oxygen atoms in total. The van der Waals surface area contributed by atoms with Crippen molar-refractivity contribution in [2.24, 2.45) is 0 Å². The van der Waals surface area contributed by atoms with Gasteiger partial charge in [0.05, 0.1) is 37.1 Å². The Morgan fingerprint density at radius 2 is 1.73 bits per heavy atom. The number of benzene rings is 2. The number of para-hydroxylation sites is 2. The molecule has 0 saturated carbocycles. The lowest BCUT2D eigenvalue weighted by molar-refractivity contribution is -0.113. The predicted octanol–water partition coefficient (Wildman–Crippen LogP) is 3.09. The first-order chi connectivity index (χ1) is 14.4. The number of methoxy groups -OCH3 is 2. The highest BCUT2D eigenvalue weighted by molar-refractivity contribution is 6.07. The van der Waals surface area contributed by atoms with E-state index < -0.39 is 12.0 Å². The van der Waals surface area contributed by atoms with Gasteiger partial charge in [-0.25, -0.2) is 9.59 Å². The van der Waals surface area contributed by atoms with Crippen LogP contribution in [-0.2, 0) is 9.53 Å². The van der Waals surface area contributed by atoms with Crippen LogP contribution < -0.4 is 15.4 Å². The molecule has 0 spiro atoms. The first-order valence-electron chi connectivity index (χ1n) is 9.25. The van der Waals surface area contributed by atoms with Crippen LogP contribution >= 0.6 is 0 Å². The Hall–Kier alpha value is -3.81. The van der Waals surface area contributed by atoms with E-state index in [-0.39, 0.29) is 11.9 Å². The second-order valence-electron chi connectivity index (χ2n) is 6.71. The van der Waals surface area contributed by atoms with E-state index in [9.17, 15) is 14.4 Å². The Balaban J connectivity index is 1.98. The molecule has 3 amide bonds. The summed E-state index contributed by atoms with van der Waals surface area (Å²) in [5.41, 5.74) is 2.46. The van der Waals surface area contributed by atoms with Crippen molar-refractivity contribution in [3.05, 3.63) is 70.9 Å². The number of hydrogen-bond acceptors (Lipinski definition) is 5. The molecule has 156 valence electrons. The molecule has 30 heavy (non-hydrogen) atoms. The zero-order valence-corrected chi connectivity index (χ0v) is 17.2. The Morgan fingerprint density at radius 1 is 1.07 bits per heavy atom. The molecule has 0 fully saturated rings. The number of carbonyl (C=O) groups is 3. The molecule has 1 aliphatic heterocycles. The number of nitrogens with zero attached hydrogens (tertiary/aromatic N) is 1. The van der Waals surface area contributed by atoms with Gasteiger partial charge in [-0.3, -0.25) is 4.79 Å². The van der Waals surface area contributed by atoms with E-state index in [0.29, 0.717) is 33.8 Å². The average Bonchev–Trinajstić information content (AvgIpc) is 2.77.